The largest absolute Gasteiger partial charge is 0.497 e. The summed E-state index contributed by atoms with van der Waals surface area (Å²) in [5, 5.41) is 0. The molecule has 3 N–H and O–H groups in total. The molecule has 1 atom stereocenters. The third kappa shape index (κ3) is 2.86. The van der Waals surface area contributed by atoms with E-state index in [2.05, 4.69) is 5.43 Å². The number of hydrogen-bond donors (Lipinski definition) is 2. The molecule has 2 aromatic carbocycles. The van der Waals surface area contributed by atoms with Crippen molar-refractivity contribution in [3.05, 3.63) is 64.5 Å². The van der Waals surface area contributed by atoms with Gasteiger partial charge in [-0.15, -0.1) is 0 Å². The lowest BCUT2D eigenvalue weighted by atomic mass is 9.96. The van der Waals surface area contributed by atoms with E-state index in [-0.39, 0.29) is 16.7 Å². The maximum atomic E-state index is 14.2. The molecule has 0 saturated heterocycles. The van der Waals surface area contributed by atoms with Gasteiger partial charge in [-0.2, -0.15) is 0 Å². The van der Waals surface area contributed by atoms with Crippen LogP contribution in [0.1, 0.15) is 22.7 Å². The molecule has 1 unspecified atom stereocenters. The molecule has 21 heavy (non-hydrogen) atoms. The van der Waals surface area contributed by atoms with E-state index < -0.39 is 23.5 Å². The van der Waals surface area contributed by atoms with Gasteiger partial charge in [-0.05, 0) is 24.6 Å². The highest BCUT2D eigenvalue weighted by Crippen LogP contribution is 2.30. The summed E-state index contributed by atoms with van der Waals surface area (Å²) >= 11 is 0. The van der Waals surface area contributed by atoms with Gasteiger partial charge in [0.25, 0.3) is 0 Å². The van der Waals surface area contributed by atoms with Crippen molar-refractivity contribution in [2.45, 2.75) is 13.0 Å². The second kappa shape index (κ2) is 6.15. The van der Waals surface area contributed by atoms with Crippen LogP contribution in [0.3, 0.4) is 0 Å². The van der Waals surface area contributed by atoms with Crippen molar-refractivity contribution in [1.29, 1.82) is 0 Å². The van der Waals surface area contributed by atoms with E-state index in [0.29, 0.717) is 5.75 Å². The Morgan fingerprint density at radius 2 is 1.81 bits per heavy atom. The molecule has 0 heterocycles. The molecule has 6 heteroatoms. The van der Waals surface area contributed by atoms with Gasteiger partial charge in [0.2, 0.25) is 0 Å². The summed E-state index contributed by atoms with van der Waals surface area (Å²) in [5.41, 5.74) is 2.22. The zero-order valence-corrected chi connectivity index (χ0v) is 11.6. The van der Waals surface area contributed by atoms with Crippen LogP contribution < -0.4 is 16.0 Å². The highest BCUT2D eigenvalue weighted by Gasteiger charge is 2.24. The second-order valence-corrected chi connectivity index (χ2v) is 4.58. The molecular formula is C15H15F3N2O. The van der Waals surface area contributed by atoms with Gasteiger partial charge in [-0.3, -0.25) is 5.84 Å². The molecule has 3 nitrogen and oxygen atoms in total. The minimum atomic E-state index is -1.14. The Kier molecular flexibility index (Phi) is 4.50. The molecule has 0 fully saturated rings. The van der Waals surface area contributed by atoms with Crippen LogP contribution in [0.25, 0.3) is 0 Å². The number of aryl methyl sites for hydroxylation is 1. The van der Waals surface area contributed by atoms with Gasteiger partial charge in [0, 0.05) is 17.2 Å². The number of hydrazine groups is 1. The van der Waals surface area contributed by atoms with Crippen LogP contribution in [0.2, 0.25) is 0 Å². The summed E-state index contributed by atoms with van der Waals surface area (Å²) in [6, 6.07) is 5.29. The first-order valence-electron chi connectivity index (χ1n) is 6.23. The molecule has 0 bridgehead atoms. The van der Waals surface area contributed by atoms with Crippen molar-refractivity contribution < 1.29 is 17.9 Å². The average Bonchev–Trinajstić information content (AvgIpc) is 2.48. The fourth-order valence-electron chi connectivity index (χ4n) is 2.14. The molecule has 0 aromatic heterocycles. The summed E-state index contributed by atoms with van der Waals surface area (Å²) in [5.74, 6) is 3.47. The van der Waals surface area contributed by atoms with Crippen LogP contribution in [0.4, 0.5) is 13.2 Å². The summed E-state index contributed by atoms with van der Waals surface area (Å²) in [6.07, 6.45) is 0. The number of halogens is 3. The van der Waals surface area contributed by atoms with Crippen molar-refractivity contribution in [3.8, 4) is 5.75 Å². The Morgan fingerprint density at radius 3 is 2.38 bits per heavy atom. The van der Waals surface area contributed by atoms with E-state index >= 15 is 0 Å². The molecule has 0 aliphatic heterocycles. The third-order valence-electron chi connectivity index (χ3n) is 3.29. The monoisotopic (exact) mass is 296 g/mol. The molecule has 0 radical (unpaired) electrons. The smallest absolute Gasteiger partial charge is 0.134 e. The second-order valence-electron chi connectivity index (χ2n) is 4.58. The average molecular weight is 296 g/mol. The molecule has 112 valence electrons. The van der Waals surface area contributed by atoms with Crippen LogP contribution in [-0.2, 0) is 0 Å². The van der Waals surface area contributed by atoms with Gasteiger partial charge < -0.3 is 4.74 Å². The van der Waals surface area contributed by atoms with E-state index in [4.69, 9.17) is 10.6 Å². The van der Waals surface area contributed by atoms with Crippen LogP contribution >= 0.6 is 0 Å². The van der Waals surface area contributed by atoms with Crippen molar-refractivity contribution in [1.82, 2.24) is 5.43 Å². The Hall–Kier alpha value is -2.05. The fraction of sp³-hybridized carbons (Fsp3) is 0.200. The quantitative estimate of drug-likeness (QED) is 0.673. The van der Waals surface area contributed by atoms with E-state index in [1.807, 2.05) is 0 Å². The number of benzene rings is 2. The third-order valence-corrected chi connectivity index (χ3v) is 3.29. The van der Waals surface area contributed by atoms with E-state index in [1.165, 1.54) is 32.2 Å². The van der Waals surface area contributed by atoms with Gasteiger partial charge in [0.15, 0.2) is 0 Å². The van der Waals surface area contributed by atoms with Crippen LogP contribution in [0.15, 0.2) is 30.3 Å². The predicted molar refractivity (Wildman–Crippen MR) is 73.2 cm³/mol. The first-order chi connectivity index (χ1) is 9.99. The topological polar surface area (TPSA) is 47.3 Å². The zero-order valence-electron chi connectivity index (χ0n) is 11.6. The predicted octanol–water partition coefficient (Wildman–Crippen LogP) is 2.97. The minimum Gasteiger partial charge on any atom is -0.497 e. The van der Waals surface area contributed by atoms with Gasteiger partial charge >= 0.3 is 0 Å². The maximum absolute atomic E-state index is 14.2. The number of methoxy groups -OCH3 is 1. The number of rotatable bonds is 4. The maximum Gasteiger partial charge on any atom is 0.134 e. The molecule has 0 amide bonds. The van der Waals surface area contributed by atoms with Crippen molar-refractivity contribution >= 4 is 0 Å². The van der Waals surface area contributed by atoms with E-state index in [9.17, 15) is 13.2 Å². The van der Waals surface area contributed by atoms with E-state index in [1.54, 1.807) is 0 Å². The minimum absolute atomic E-state index is 0.0294. The Labute approximate surface area is 120 Å². The van der Waals surface area contributed by atoms with Gasteiger partial charge in [0.1, 0.15) is 23.2 Å². The van der Waals surface area contributed by atoms with Crippen LogP contribution in [-0.4, -0.2) is 7.11 Å². The van der Waals surface area contributed by atoms with Crippen molar-refractivity contribution in [2.75, 3.05) is 7.11 Å². The highest BCUT2D eigenvalue weighted by molar-refractivity contribution is 5.39. The lowest BCUT2D eigenvalue weighted by Crippen LogP contribution is -2.31. The Bertz CT molecular complexity index is 662. The highest BCUT2D eigenvalue weighted by atomic mass is 19.1. The number of ether oxygens (including phenoxy) is 1. The molecule has 0 aliphatic carbocycles. The van der Waals surface area contributed by atoms with Crippen LogP contribution in [0, 0.1) is 24.4 Å². The summed E-state index contributed by atoms with van der Waals surface area (Å²) in [4.78, 5) is 0. The molecule has 0 spiro atoms. The molecule has 0 aliphatic rings. The van der Waals surface area contributed by atoms with E-state index in [0.717, 1.165) is 12.1 Å². The normalized spacial score (nSPS) is 12.3. The lowest BCUT2D eigenvalue weighted by Gasteiger charge is -2.20. The Balaban J connectivity index is 2.58. The molecule has 2 rings (SSSR count). The fourth-order valence-corrected chi connectivity index (χ4v) is 2.14. The molecular weight excluding hydrogens is 281 g/mol. The zero-order chi connectivity index (χ0) is 15.6. The SMILES string of the molecule is COc1ccc(C(NN)c2c(F)ccc(C)c2F)c(F)c1. The summed E-state index contributed by atoms with van der Waals surface area (Å²) < 4.78 is 47.1. The standard InChI is InChI=1S/C15H15F3N2O/c1-8-3-6-11(16)13(14(8)18)15(20-19)10-5-4-9(21-2)7-12(10)17/h3-7,15,20H,19H2,1-2H3. The van der Waals surface area contributed by atoms with Gasteiger partial charge in [-0.1, -0.05) is 12.1 Å². The number of hydrogen-bond acceptors (Lipinski definition) is 3. The first-order valence-corrected chi connectivity index (χ1v) is 6.23. The van der Waals surface area contributed by atoms with Gasteiger partial charge in [0.05, 0.1) is 13.2 Å². The van der Waals surface area contributed by atoms with Gasteiger partial charge in [-0.25, -0.2) is 18.6 Å². The summed E-state index contributed by atoms with van der Waals surface area (Å²) in [6.45, 7) is 1.50. The summed E-state index contributed by atoms with van der Waals surface area (Å²) in [7, 11) is 1.40. The number of nitrogens with two attached hydrogens (primary N) is 1. The Morgan fingerprint density at radius 1 is 1.10 bits per heavy atom. The van der Waals surface area contributed by atoms with Crippen LogP contribution in [0.5, 0.6) is 5.75 Å². The lowest BCUT2D eigenvalue weighted by molar-refractivity contribution is 0.409. The molecule has 0 saturated carbocycles. The van der Waals surface area contributed by atoms with Crippen molar-refractivity contribution in [3.63, 3.8) is 0 Å². The first kappa shape index (κ1) is 15.3. The van der Waals surface area contributed by atoms with Crippen molar-refractivity contribution in [2.24, 2.45) is 5.84 Å². The molecule has 2 aromatic rings. The number of nitrogens with one attached hydrogen (secondary N) is 1.